The Bertz CT molecular complexity index is 1220. The molecule has 3 rings (SSSR count). The Morgan fingerprint density at radius 2 is 1.60 bits per heavy atom. The van der Waals surface area contributed by atoms with E-state index >= 15 is 0 Å². The van der Waals surface area contributed by atoms with Crippen molar-refractivity contribution in [3.8, 4) is 0 Å². The molecule has 3 aromatic carbocycles. The Labute approximate surface area is 173 Å². The molecule has 2 N–H and O–H groups in total. The van der Waals surface area contributed by atoms with Gasteiger partial charge in [-0.25, -0.2) is 8.42 Å². The highest BCUT2D eigenvalue weighted by molar-refractivity contribution is 7.92. The zero-order valence-electron chi connectivity index (χ0n) is 16.2. The van der Waals surface area contributed by atoms with Crippen molar-refractivity contribution in [2.24, 2.45) is 0 Å². The maximum Gasteiger partial charge on any atom is 0.273 e. The first-order chi connectivity index (χ1) is 14.2. The molecule has 9 heteroatoms. The van der Waals surface area contributed by atoms with E-state index in [0.717, 1.165) is 0 Å². The van der Waals surface area contributed by atoms with Crippen molar-refractivity contribution in [3.63, 3.8) is 0 Å². The first-order valence-electron chi connectivity index (χ1n) is 8.92. The zero-order chi connectivity index (χ0) is 21.9. The number of nitro benzene ring substituents is 1. The fourth-order valence-electron chi connectivity index (χ4n) is 2.76. The minimum atomic E-state index is -3.79. The summed E-state index contributed by atoms with van der Waals surface area (Å²) >= 11 is 0. The van der Waals surface area contributed by atoms with Crippen molar-refractivity contribution < 1.29 is 18.1 Å². The molecule has 0 saturated carbocycles. The van der Waals surface area contributed by atoms with Gasteiger partial charge in [-0.3, -0.25) is 19.6 Å². The Morgan fingerprint density at radius 1 is 0.933 bits per heavy atom. The predicted molar refractivity (Wildman–Crippen MR) is 114 cm³/mol. The number of amides is 1. The summed E-state index contributed by atoms with van der Waals surface area (Å²) in [7, 11) is -3.79. The minimum absolute atomic E-state index is 0.116. The van der Waals surface area contributed by atoms with Gasteiger partial charge in [-0.2, -0.15) is 0 Å². The van der Waals surface area contributed by atoms with E-state index in [4.69, 9.17) is 0 Å². The first kappa shape index (κ1) is 21.0. The second-order valence-electron chi connectivity index (χ2n) is 6.66. The van der Waals surface area contributed by atoms with E-state index in [1.807, 2.05) is 0 Å². The Balaban J connectivity index is 1.84. The maximum absolute atomic E-state index is 12.6. The number of rotatable bonds is 6. The number of anilines is 2. The van der Waals surface area contributed by atoms with Gasteiger partial charge in [0.25, 0.3) is 21.6 Å². The number of hydrogen-bond donors (Lipinski definition) is 2. The van der Waals surface area contributed by atoms with Gasteiger partial charge >= 0.3 is 0 Å². The lowest BCUT2D eigenvalue weighted by Gasteiger charge is -2.13. The third-order valence-electron chi connectivity index (χ3n) is 4.46. The molecular weight excluding hydrogens is 406 g/mol. The second-order valence-corrected chi connectivity index (χ2v) is 8.34. The van der Waals surface area contributed by atoms with Crippen LogP contribution in [0.5, 0.6) is 0 Å². The molecule has 154 valence electrons. The van der Waals surface area contributed by atoms with Crippen LogP contribution in [0.25, 0.3) is 0 Å². The third-order valence-corrected chi connectivity index (χ3v) is 5.84. The van der Waals surface area contributed by atoms with Crippen LogP contribution in [0.2, 0.25) is 0 Å². The number of nitro groups is 1. The lowest BCUT2D eigenvalue weighted by Crippen LogP contribution is -2.15. The average molecular weight is 425 g/mol. The number of hydrogen-bond acceptors (Lipinski definition) is 5. The fraction of sp³-hybridized carbons (Fsp3) is 0.0952. The van der Waals surface area contributed by atoms with Crippen molar-refractivity contribution >= 4 is 33.0 Å². The molecule has 8 nitrogen and oxygen atoms in total. The number of nitrogens with one attached hydrogen (secondary N) is 2. The summed E-state index contributed by atoms with van der Waals surface area (Å²) in [6.45, 7) is 3.32. The van der Waals surface area contributed by atoms with E-state index in [9.17, 15) is 23.3 Å². The van der Waals surface area contributed by atoms with E-state index in [0.29, 0.717) is 22.5 Å². The summed E-state index contributed by atoms with van der Waals surface area (Å²) in [5, 5.41) is 13.7. The normalized spacial score (nSPS) is 11.0. The van der Waals surface area contributed by atoms with Crippen molar-refractivity contribution in [1.29, 1.82) is 0 Å². The SMILES string of the molecule is Cc1ccc(NC(=O)c2ccc(C)c([N+](=O)[O-])c2)cc1NS(=O)(=O)c1ccccc1. The lowest BCUT2D eigenvalue weighted by atomic mass is 10.1. The molecule has 0 saturated heterocycles. The van der Waals surface area contributed by atoms with Crippen LogP contribution in [0.15, 0.2) is 71.6 Å². The average Bonchev–Trinajstić information content (AvgIpc) is 2.71. The van der Waals surface area contributed by atoms with Gasteiger partial charge in [0.2, 0.25) is 0 Å². The number of benzene rings is 3. The number of carbonyl (C=O) groups is 1. The molecule has 3 aromatic rings. The van der Waals surface area contributed by atoms with Gasteiger partial charge in [0.15, 0.2) is 0 Å². The number of nitrogens with zero attached hydrogens (tertiary/aromatic N) is 1. The topological polar surface area (TPSA) is 118 Å². The van der Waals surface area contributed by atoms with Gasteiger partial charge < -0.3 is 5.32 Å². The molecule has 1 amide bonds. The van der Waals surface area contributed by atoms with Crippen LogP contribution >= 0.6 is 0 Å². The number of aryl methyl sites for hydroxylation is 2. The molecule has 0 atom stereocenters. The molecular formula is C21H19N3O5S. The largest absolute Gasteiger partial charge is 0.322 e. The smallest absolute Gasteiger partial charge is 0.273 e. The van der Waals surface area contributed by atoms with Crippen molar-refractivity contribution in [2.75, 3.05) is 10.0 Å². The number of carbonyl (C=O) groups excluding carboxylic acids is 1. The lowest BCUT2D eigenvalue weighted by molar-refractivity contribution is -0.385. The molecule has 0 aliphatic carbocycles. The van der Waals surface area contributed by atoms with Crippen molar-refractivity contribution in [3.05, 3.63) is 93.5 Å². The van der Waals surface area contributed by atoms with E-state index in [1.54, 1.807) is 44.2 Å². The van der Waals surface area contributed by atoms with E-state index < -0.39 is 20.9 Å². The standard InChI is InChI=1S/C21H19N3O5S/c1-14-9-11-17(13-19(14)23-30(28,29)18-6-4-3-5-7-18)22-21(25)16-10-8-15(2)20(12-16)24(26)27/h3-13,23H,1-2H3,(H,22,25). The molecule has 0 aromatic heterocycles. The third kappa shape index (κ3) is 4.64. The monoisotopic (exact) mass is 425 g/mol. The van der Waals surface area contributed by atoms with E-state index in [2.05, 4.69) is 10.0 Å². The Morgan fingerprint density at radius 3 is 2.27 bits per heavy atom. The van der Waals surface area contributed by atoms with Gasteiger partial charge in [-0.15, -0.1) is 0 Å². The van der Waals surface area contributed by atoms with Gasteiger partial charge in [0.1, 0.15) is 0 Å². The Hall–Kier alpha value is -3.72. The van der Waals surface area contributed by atoms with Crippen molar-refractivity contribution in [2.45, 2.75) is 18.7 Å². The molecule has 0 aliphatic rings. The molecule has 0 bridgehead atoms. The summed E-state index contributed by atoms with van der Waals surface area (Å²) in [6, 6.07) is 16.9. The number of sulfonamides is 1. The fourth-order valence-corrected chi connectivity index (χ4v) is 3.91. The molecule has 0 spiro atoms. The summed E-state index contributed by atoms with van der Waals surface area (Å²) in [5.74, 6) is -0.543. The minimum Gasteiger partial charge on any atom is -0.322 e. The maximum atomic E-state index is 12.6. The highest BCUT2D eigenvalue weighted by Crippen LogP contribution is 2.25. The summed E-state index contributed by atoms with van der Waals surface area (Å²) < 4.78 is 27.7. The zero-order valence-corrected chi connectivity index (χ0v) is 17.1. The first-order valence-corrected chi connectivity index (χ1v) is 10.4. The molecule has 0 radical (unpaired) electrons. The van der Waals surface area contributed by atoms with Crippen molar-refractivity contribution in [1.82, 2.24) is 0 Å². The molecule has 0 aliphatic heterocycles. The summed E-state index contributed by atoms with van der Waals surface area (Å²) in [5.41, 5.74) is 1.75. The van der Waals surface area contributed by atoms with Crippen LogP contribution in [-0.4, -0.2) is 19.2 Å². The van der Waals surface area contributed by atoms with Gasteiger partial charge in [-0.05, 0) is 49.7 Å². The van der Waals surface area contributed by atoms with Crippen LogP contribution in [0.4, 0.5) is 17.1 Å². The quantitative estimate of drug-likeness (QED) is 0.452. The highest BCUT2D eigenvalue weighted by Gasteiger charge is 2.17. The van der Waals surface area contributed by atoms with Gasteiger partial charge in [0, 0.05) is 22.9 Å². The van der Waals surface area contributed by atoms with E-state index in [-0.39, 0.29) is 16.1 Å². The van der Waals surface area contributed by atoms with Gasteiger partial charge in [0.05, 0.1) is 15.5 Å². The summed E-state index contributed by atoms with van der Waals surface area (Å²) in [6.07, 6.45) is 0. The Kier molecular flexibility index (Phi) is 5.84. The van der Waals surface area contributed by atoms with Crippen LogP contribution in [-0.2, 0) is 10.0 Å². The van der Waals surface area contributed by atoms with Crippen LogP contribution < -0.4 is 10.0 Å². The molecule has 30 heavy (non-hydrogen) atoms. The van der Waals surface area contributed by atoms with Crippen LogP contribution in [0.1, 0.15) is 21.5 Å². The van der Waals surface area contributed by atoms with Crippen LogP contribution in [0, 0.1) is 24.0 Å². The van der Waals surface area contributed by atoms with Crippen LogP contribution in [0.3, 0.4) is 0 Å². The molecule has 0 heterocycles. The predicted octanol–water partition coefficient (Wildman–Crippen LogP) is 4.26. The summed E-state index contributed by atoms with van der Waals surface area (Å²) in [4.78, 5) is 23.2. The molecule has 0 unspecified atom stereocenters. The van der Waals surface area contributed by atoms with E-state index in [1.165, 1.54) is 36.4 Å². The van der Waals surface area contributed by atoms with Gasteiger partial charge in [-0.1, -0.05) is 30.3 Å². The molecule has 0 fully saturated rings. The highest BCUT2D eigenvalue weighted by atomic mass is 32.2. The second kappa shape index (κ2) is 8.34.